The van der Waals surface area contributed by atoms with E-state index in [0.717, 1.165) is 11.3 Å². The highest BCUT2D eigenvalue weighted by atomic mass is 16.5. The Labute approximate surface area is 120 Å². The van der Waals surface area contributed by atoms with E-state index < -0.39 is 0 Å². The predicted octanol–water partition coefficient (Wildman–Crippen LogP) is 1.63. The molecule has 0 aliphatic heterocycles. The van der Waals surface area contributed by atoms with Crippen LogP contribution < -0.4 is 15.8 Å². The maximum atomic E-state index is 11.9. The highest BCUT2D eigenvalue weighted by molar-refractivity contribution is 5.77. The van der Waals surface area contributed by atoms with Gasteiger partial charge in [0.15, 0.2) is 0 Å². The van der Waals surface area contributed by atoms with Crippen LogP contribution in [0.3, 0.4) is 0 Å². The summed E-state index contributed by atoms with van der Waals surface area (Å²) in [4.78, 5) is 11.9. The Morgan fingerprint density at radius 2 is 2.00 bits per heavy atom. The molecule has 0 aromatic heterocycles. The van der Waals surface area contributed by atoms with Crippen LogP contribution in [0.4, 0.5) is 0 Å². The number of methoxy groups -OCH3 is 1. The lowest BCUT2D eigenvalue weighted by Gasteiger charge is -2.17. The molecule has 0 saturated carbocycles. The summed E-state index contributed by atoms with van der Waals surface area (Å²) in [5.41, 5.74) is 6.53. The third kappa shape index (κ3) is 5.19. The van der Waals surface area contributed by atoms with Gasteiger partial charge in [-0.2, -0.15) is 0 Å². The lowest BCUT2D eigenvalue weighted by molar-refractivity contribution is -0.124. The van der Waals surface area contributed by atoms with Crippen molar-refractivity contribution in [2.75, 3.05) is 20.3 Å². The van der Waals surface area contributed by atoms with E-state index in [1.54, 1.807) is 7.11 Å². The zero-order valence-corrected chi connectivity index (χ0v) is 12.4. The first-order valence-corrected chi connectivity index (χ1v) is 6.85. The van der Waals surface area contributed by atoms with Crippen LogP contribution in [0.2, 0.25) is 0 Å². The van der Waals surface area contributed by atoms with Gasteiger partial charge in [-0.25, -0.2) is 0 Å². The minimum absolute atomic E-state index is 0.0616. The lowest BCUT2D eigenvalue weighted by Crippen LogP contribution is -2.33. The first-order valence-electron chi connectivity index (χ1n) is 6.85. The maximum absolute atomic E-state index is 11.9. The molecule has 0 fully saturated rings. The molecule has 1 aromatic carbocycles. The molecule has 3 N–H and O–H groups in total. The van der Waals surface area contributed by atoms with Gasteiger partial charge >= 0.3 is 0 Å². The van der Waals surface area contributed by atoms with Crippen LogP contribution in [0, 0.1) is 0 Å². The number of ether oxygens (including phenoxy) is 2. The first-order chi connectivity index (χ1) is 9.60. The summed E-state index contributed by atoms with van der Waals surface area (Å²) in [6.07, 6.45) is 0.0384. The molecule has 5 nitrogen and oxygen atoms in total. The van der Waals surface area contributed by atoms with Gasteiger partial charge in [-0.15, -0.1) is 0 Å². The maximum Gasteiger partial charge on any atom is 0.223 e. The normalized spacial score (nSPS) is 13.6. The van der Waals surface area contributed by atoms with Crippen molar-refractivity contribution < 1.29 is 14.3 Å². The van der Waals surface area contributed by atoms with Crippen LogP contribution in [0.1, 0.15) is 31.9 Å². The molecule has 0 bridgehead atoms. The highest BCUT2D eigenvalue weighted by Crippen LogP contribution is 2.17. The molecule has 0 aliphatic carbocycles. The van der Waals surface area contributed by atoms with Crippen LogP contribution in [0.5, 0.6) is 5.75 Å². The van der Waals surface area contributed by atoms with Crippen molar-refractivity contribution in [2.45, 2.75) is 32.4 Å². The van der Waals surface area contributed by atoms with E-state index in [-0.39, 0.29) is 24.5 Å². The van der Waals surface area contributed by atoms with E-state index >= 15 is 0 Å². The van der Waals surface area contributed by atoms with E-state index in [1.165, 1.54) is 0 Å². The van der Waals surface area contributed by atoms with Gasteiger partial charge in [-0.05, 0) is 31.5 Å². The molecule has 0 radical (unpaired) electrons. The van der Waals surface area contributed by atoms with Crippen LogP contribution in [0.15, 0.2) is 24.3 Å². The fourth-order valence-electron chi connectivity index (χ4n) is 1.87. The molecule has 0 aliphatic rings. The van der Waals surface area contributed by atoms with Gasteiger partial charge in [-0.3, -0.25) is 4.79 Å². The van der Waals surface area contributed by atoms with Gasteiger partial charge in [0.1, 0.15) is 5.75 Å². The summed E-state index contributed by atoms with van der Waals surface area (Å²) in [6, 6.07) is 7.64. The van der Waals surface area contributed by atoms with Crippen LogP contribution in [0.25, 0.3) is 0 Å². The Morgan fingerprint density at radius 3 is 2.50 bits per heavy atom. The second-order valence-corrected chi connectivity index (χ2v) is 4.59. The largest absolute Gasteiger partial charge is 0.494 e. The molecule has 1 amide bonds. The third-order valence-corrected chi connectivity index (χ3v) is 3.08. The Bertz CT molecular complexity index is 402. The van der Waals surface area contributed by atoms with Gasteiger partial charge < -0.3 is 20.5 Å². The van der Waals surface area contributed by atoms with Crippen LogP contribution in [-0.2, 0) is 9.53 Å². The SMILES string of the molecule is CCOc1ccc(C(C)NC(=O)CC(CN)OC)cc1. The Kier molecular flexibility index (Phi) is 7.04. The standard InChI is InChI=1S/C15H24N2O3/c1-4-20-13-7-5-12(6-8-13)11(2)17-15(18)9-14(10-16)19-3/h5-8,11,14H,4,9-10,16H2,1-3H3,(H,17,18). The Balaban J connectivity index is 2.52. The van der Waals surface area contributed by atoms with Gasteiger partial charge in [0, 0.05) is 13.7 Å². The molecule has 2 unspecified atom stereocenters. The van der Waals surface area contributed by atoms with Gasteiger partial charge in [0.25, 0.3) is 0 Å². The summed E-state index contributed by atoms with van der Waals surface area (Å²) in [5, 5.41) is 2.93. The minimum atomic E-state index is -0.234. The van der Waals surface area contributed by atoms with Crippen molar-refractivity contribution >= 4 is 5.91 Å². The summed E-state index contributed by atoms with van der Waals surface area (Å²) in [6.45, 7) is 4.86. The van der Waals surface area contributed by atoms with E-state index in [0.29, 0.717) is 13.2 Å². The molecule has 2 atom stereocenters. The number of amides is 1. The second kappa shape index (κ2) is 8.55. The zero-order valence-electron chi connectivity index (χ0n) is 12.4. The lowest BCUT2D eigenvalue weighted by atomic mass is 10.1. The van der Waals surface area contributed by atoms with Gasteiger partial charge in [-0.1, -0.05) is 12.1 Å². The molecule has 5 heteroatoms. The number of benzene rings is 1. The first kappa shape index (κ1) is 16.5. The monoisotopic (exact) mass is 280 g/mol. The molecule has 20 heavy (non-hydrogen) atoms. The number of carbonyl (C=O) groups excluding carboxylic acids is 1. The predicted molar refractivity (Wildman–Crippen MR) is 78.6 cm³/mol. The number of nitrogens with two attached hydrogens (primary N) is 1. The molecule has 0 spiro atoms. The van der Waals surface area contributed by atoms with Crippen LogP contribution >= 0.6 is 0 Å². The van der Waals surface area contributed by atoms with Crippen molar-refractivity contribution in [3.63, 3.8) is 0 Å². The van der Waals surface area contributed by atoms with E-state index in [4.69, 9.17) is 15.2 Å². The number of carbonyl (C=O) groups is 1. The second-order valence-electron chi connectivity index (χ2n) is 4.59. The number of nitrogens with one attached hydrogen (secondary N) is 1. The van der Waals surface area contributed by atoms with Crippen LogP contribution in [-0.4, -0.2) is 32.3 Å². The summed E-state index contributed by atoms with van der Waals surface area (Å²) in [7, 11) is 1.56. The fourth-order valence-corrected chi connectivity index (χ4v) is 1.87. The molecule has 112 valence electrons. The summed E-state index contributed by atoms with van der Waals surface area (Å²) >= 11 is 0. The number of rotatable bonds is 8. The molecule has 0 saturated heterocycles. The zero-order chi connectivity index (χ0) is 15.0. The Morgan fingerprint density at radius 1 is 1.35 bits per heavy atom. The van der Waals surface area contributed by atoms with Crippen molar-refractivity contribution in [1.82, 2.24) is 5.32 Å². The molecule has 0 heterocycles. The summed E-state index contributed by atoms with van der Waals surface area (Å²) in [5.74, 6) is 0.765. The minimum Gasteiger partial charge on any atom is -0.494 e. The smallest absolute Gasteiger partial charge is 0.223 e. The molecular formula is C15H24N2O3. The topological polar surface area (TPSA) is 73.6 Å². The molecule has 1 rings (SSSR count). The third-order valence-electron chi connectivity index (χ3n) is 3.08. The Hall–Kier alpha value is -1.59. The molecule has 1 aromatic rings. The van der Waals surface area contributed by atoms with Crippen molar-refractivity contribution in [1.29, 1.82) is 0 Å². The quantitative estimate of drug-likeness (QED) is 0.759. The number of hydrogen-bond acceptors (Lipinski definition) is 4. The number of hydrogen-bond donors (Lipinski definition) is 2. The van der Waals surface area contributed by atoms with Gasteiger partial charge in [0.2, 0.25) is 5.91 Å². The van der Waals surface area contributed by atoms with Crippen molar-refractivity contribution in [3.05, 3.63) is 29.8 Å². The van der Waals surface area contributed by atoms with E-state index in [2.05, 4.69) is 5.32 Å². The average Bonchev–Trinajstić information content (AvgIpc) is 2.45. The van der Waals surface area contributed by atoms with Gasteiger partial charge in [0.05, 0.1) is 25.2 Å². The highest BCUT2D eigenvalue weighted by Gasteiger charge is 2.14. The summed E-state index contributed by atoms with van der Waals surface area (Å²) < 4.78 is 10.5. The van der Waals surface area contributed by atoms with Crippen molar-refractivity contribution in [3.8, 4) is 5.75 Å². The van der Waals surface area contributed by atoms with E-state index in [1.807, 2.05) is 38.1 Å². The van der Waals surface area contributed by atoms with E-state index in [9.17, 15) is 4.79 Å². The fraction of sp³-hybridized carbons (Fsp3) is 0.533. The van der Waals surface area contributed by atoms with Crippen molar-refractivity contribution in [2.24, 2.45) is 5.73 Å². The molecular weight excluding hydrogens is 256 g/mol. The average molecular weight is 280 g/mol.